The van der Waals surface area contributed by atoms with Gasteiger partial charge in [-0.25, -0.2) is 0 Å². The van der Waals surface area contributed by atoms with Crippen molar-refractivity contribution in [1.82, 2.24) is 10.5 Å². The number of nitrogens with zero attached hydrogens (tertiary/aromatic N) is 1. The zero-order valence-electron chi connectivity index (χ0n) is 19.4. The third-order valence-corrected chi connectivity index (χ3v) is 5.69. The lowest BCUT2D eigenvalue weighted by atomic mass is 10.0. The molecule has 4 aromatic rings. The molecule has 3 aromatic carbocycles. The van der Waals surface area contributed by atoms with E-state index in [2.05, 4.69) is 43.4 Å². The molecule has 1 N–H and O–H groups in total. The molecular weight excluding hydrogens is 412 g/mol. The van der Waals surface area contributed by atoms with Gasteiger partial charge in [0.15, 0.2) is 11.5 Å². The van der Waals surface area contributed by atoms with E-state index in [4.69, 9.17) is 9.26 Å². The van der Waals surface area contributed by atoms with Crippen molar-refractivity contribution in [2.24, 2.45) is 0 Å². The molecule has 0 spiro atoms. The summed E-state index contributed by atoms with van der Waals surface area (Å²) in [5.41, 5.74) is 5.77. The molecule has 1 aromatic heterocycles. The van der Waals surface area contributed by atoms with Crippen LogP contribution in [0.2, 0.25) is 0 Å². The standard InChI is InChI=1S/C28H28N2O3/c1-18(2)22-9-13-25(14-10-22)32-24-11-6-21(7-12-24)17-29-28(31)26-16-27(33-30-26)23-8-5-19(3)20(4)15-23/h5-16,18H,17H2,1-4H3,(H,29,31). The van der Waals surface area contributed by atoms with Crippen molar-refractivity contribution < 1.29 is 14.1 Å². The van der Waals surface area contributed by atoms with Crippen LogP contribution < -0.4 is 10.1 Å². The van der Waals surface area contributed by atoms with Gasteiger partial charge < -0.3 is 14.6 Å². The minimum Gasteiger partial charge on any atom is -0.457 e. The fourth-order valence-electron chi connectivity index (χ4n) is 3.42. The van der Waals surface area contributed by atoms with E-state index in [1.54, 1.807) is 6.07 Å². The van der Waals surface area contributed by atoms with Crippen LogP contribution in [0.15, 0.2) is 77.3 Å². The molecule has 5 nitrogen and oxygen atoms in total. The van der Waals surface area contributed by atoms with E-state index in [-0.39, 0.29) is 11.6 Å². The first-order valence-corrected chi connectivity index (χ1v) is 11.1. The molecule has 0 saturated heterocycles. The molecule has 0 aliphatic rings. The lowest BCUT2D eigenvalue weighted by Gasteiger charge is -2.09. The number of hydrogen-bond acceptors (Lipinski definition) is 4. The van der Waals surface area contributed by atoms with Crippen LogP contribution in [0.5, 0.6) is 11.5 Å². The van der Waals surface area contributed by atoms with E-state index in [1.807, 2.05) is 61.5 Å². The Morgan fingerprint density at radius 1 is 0.909 bits per heavy atom. The van der Waals surface area contributed by atoms with Crippen molar-refractivity contribution in [3.8, 4) is 22.8 Å². The third-order valence-electron chi connectivity index (χ3n) is 5.69. The second-order valence-electron chi connectivity index (χ2n) is 8.53. The molecule has 0 saturated carbocycles. The normalized spacial score (nSPS) is 10.9. The zero-order chi connectivity index (χ0) is 23.4. The molecule has 0 aliphatic carbocycles. The van der Waals surface area contributed by atoms with Crippen LogP contribution in [0, 0.1) is 13.8 Å². The molecule has 4 rings (SSSR count). The van der Waals surface area contributed by atoms with Crippen molar-refractivity contribution in [3.05, 3.63) is 101 Å². The summed E-state index contributed by atoms with van der Waals surface area (Å²) in [6.45, 7) is 8.82. The van der Waals surface area contributed by atoms with E-state index in [0.29, 0.717) is 18.2 Å². The first-order chi connectivity index (χ1) is 15.9. The molecule has 0 unspecified atom stereocenters. The molecule has 0 aliphatic heterocycles. The number of benzene rings is 3. The second kappa shape index (κ2) is 9.74. The Morgan fingerprint density at radius 3 is 2.21 bits per heavy atom. The number of amides is 1. The highest BCUT2D eigenvalue weighted by Crippen LogP contribution is 2.25. The molecule has 1 heterocycles. The number of ether oxygens (including phenoxy) is 1. The molecule has 0 radical (unpaired) electrons. The predicted molar refractivity (Wildman–Crippen MR) is 130 cm³/mol. The molecular formula is C28H28N2O3. The average Bonchev–Trinajstić information content (AvgIpc) is 3.31. The minimum atomic E-state index is -0.278. The highest BCUT2D eigenvalue weighted by atomic mass is 16.5. The van der Waals surface area contributed by atoms with Crippen LogP contribution >= 0.6 is 0 Å². The molecule has 33 heavy (non-hydrogen) atoms. The van der Waals surface area contributed by atoms with Gasteiger partial charge >= 0.3 is 0 Å². The van der Waals surface area contributed by atoms with Crippen molar-refractivity contribution in [2.75, 3.05) is 0 Å². The highest BCUT2D eigenvalue weighted by molar-refractivity contribution is 5.93. The maximum absolute atomic E-state index is 12.5. The third kappa shape index (κ3) is 5.50. The smallest absolute Gasteiger partial charge is 0.273 e. The zero-order valence-corrected chi connectivity index (χ0v) is 19.4. The van der Waals surface area contributed by atoms with Gasteiger partial charge in [-0.15, -0.1) is 0 Å². The van der Waals surface area contributed by atoms with E-state index < -0.39 is 0 Å². The van der Waals surface area contributed by atoms with Gasteiger partial charge in [0.2, 0.25) is 0 Å². The van der Waals surface area contributed by atoms with Crippen LogP contribution in [0.25, 0.3) is 11.3 Å². The number of nitrogens with one attached hydrogen (secondary N) is 1. The monoisotopic (exact) mass is 440 g/mol. The van der Waals surface area contributed by atoms with Crippen LogP contribution in [-0.2, 0) is 6.54 Å². The Kier molecular flexibility index (Phi) is 6.59. The van der Waals surface area contributed by atoms with Crippen LogP contribution in [-0.4, -0.2) is 11.1 Å². The van der Waals surface area contributed by atoms with Crippen LogP contribution in [0.3, 0.4) is 0 Å². The number of rotatable bonds is 7. The fraction of sp³-hybridized carbons (Fsp3) is 0.214. The molecule has 168 valence electrons. The van der Waals surface area contributed by atoms with Crippen LogP contribution in [0.1, 0.15) is 52.5 Å². The lowest BCUT2D eigenvalue weighted by molar-refractivity contribution is 0.0942. The topological polar surface area (TPSA) is 64.4 Å². The molecule has 0 atom stereocenters. The summed E-state index contributed by atoms with van der Waals surface area (Å²) in [5.74, 6) is 2.33. The van der Waals surface area contributed by atoms with Gasteiger partial charge in [-0.3, -0.25) is 4.79 Å². The summed E-state index contributed by atoms with van der Waals surface area (Å²) in [6, 6.07) is 23.5. The number of aryl methyl sites for hydroxylation is 2. The Bertz CT molecular complexity index is 1240. The lowest BCUT2D eigenvalue weighted by Crippen LogP contribution is -2.22. The molecule has 0 bridgehead atoms. The summed E-state index contributed by atoms with van der Waals surface area (Å²) < 4.78 is 11.3. The first kappa shape index (κ1) is 22.3. The average molecular weight is 441 g/mol. The van der Waals surface area contributed by atoms with E-state index in [0.717, 1.165) is 28.2 Å². The van der Waals surface area contributed by atoms with E-state index in [1.165, 1.54) is 11.1 Å². The maximum Gasteiger partial charge on any atom is 0.273 e. The molecule has 1 amide bonds. The SMILES string of the molecule is Cc1ccc(-c2cc(C(=O)NCc3ccc(Oc4ccc(C(C)C)cc4)cc3)no2)cc1C. The van der Waals surface area contributed by atoms with Gasteiger partial charge in [-0.05, 0) is 72.4 Å². The summed E-state index contributed by atoms with van der Waals surface area (Å²) in [7, 11) is 0. The summed E-state index contributed by atoms with van der Waals surface area (Å²) in [4.78, 5) is 12.5. The number of carbonyl (C=O) groups is 1. The Morgan fingerprint density at radius 2 is 1.58 bits per heavy atom. The number of hydrogen-bond donors (Lipinski definition) is 1. The first-order valence-electron chi connectivity index (χ1n) is 11.1. The maximum atomic E-state index is 12.5. The molecule has 0 fully saturated rings. The quantitative estimate of drug-likeness (QED) is 0.343. The summed E-state index contributed by atoms with van der Waals surface area (Å²) in [5, 5.41) is 6.81. The largest absolute Gasteiger partial charge is 0.457 e. The number of aromatic nitrogens is 1. The highest BCUT2D eigenvalue weighted by Gasteiger charge is 2.14. The van der Waals surface area contributed by atoms with Gasteiger partial charge in [0.05, 0.1) is 0 Å². The predicted octanol–water partition coefficient (Wildman–Crippen LogP) is 6.80. The minimum absolute atomic E-state index is 0.257. The summed E-state index contributed by atoms with van der Waals surface area (Å²) >= 11 is 0. The van der Waals surface area contributed by atoms with Gasteiger partial charge in [0, 0.05) is 18.2 Å². The van der Waals surface area contributed by atoms with Gasteiger partial charge in [-0.2, -0.15) is 0 Å². The molecule has 5 heteroatoms. The second-order valence-corrected chi connectivity index (χ2v) is 8.53. The van der Waals surface area contributed by atoms with Crippen LogP contribution in [0.4, 0.5) is 0 Å². The van der Waals surface area contributed by atoms with E-state index in [9.17, 15) is 4.79 Å². The number of carbonyl (C=O) groups excluding carboxylic acids is 1. The Balaban J connectivity index is 1.33. The van der Waals surface area contributed by atoms with Crippen molar-refractivity contribution in [3.63, 3.8) is 0 Å². The van der Waals surface area contributed by atoms with E-state index >= 15 is 0 Å². The summed E-state index contributed by atoms with van der Waals surface area (Å²) in [6.07, 6.45) is 0. The fourth-order valence-corrected chi connectivity index (χ4v) is 3.42. The van der Waals surface area contributed by atoms with Crippen molar-refractivity contribution in [2.45, 2.75) is 40.2 Å². The Hall–Kier alpha value is -3.86. The van der Waals surface area contributed by atoms with Crippen molar-refractivity contribution in [1.29, 1.82) is 0 Å². The van der Waals surface area contributed by atoms with Gasteiger partial charge in [0.1, 0.15) is 11.5 Å². The van der Waals surface area contributed by atoms with Gasteiger partial charge in [-0.1, -0.05) is 55.4 Å². The van der Waals surface area contributed by atoms with Gasteiger partial charge in [0.25, 0.3) is 5.91 Å². The Labute approximate surface area is 194 Å². The van der Waals surface area contributed by atoms with Crippen molar-refractivity contribution >= 4 is 5.91 Å².